The van der Waals surface area contributed by atoms with Gasteiger partial charge in [-0.1, -0.05) is 11.2 Å². The number of thiophene rings is 1. The lowest BCUT2D eigenvalue weighted by molar-refractivity contribution is -0.121. The maximum Gasteiger partial charge on any atom is 0.240 e. The summed E-state index contributed by atoms with van der Waals surface area (Å²) in [4.78, 5) is 19.0. The molecule has 2 heterocycles. The van der Waals surface area contributed by atoms with Crippen LogP contribution in [0.25, 0.3) is 0 Å². The zero-order valence-electron chi connectivity index (χ0n) is 11.6. The topological polar surface area (TPSA) is 71.3 Å². The number of aromatic nitrogens is 2. The predicted octanol–water partition coefficient (Wildman–Crippen LogP) is 1.58. The molecule has 20 heavy (non-hydrogen) atoms. The highest BCUT2D eigenvalue weighted by molar-refractivity contribution is 7.09. The molecule has 0 bridgehead atoms. The Labute approximate surface area is 121 Å². The van der Waals surface area contributed by atoms with Gasteiger partial charge in [-0.3, -0.25) is 9.69 Å². The zero-order chi connectivity index (χ0) is 14.4. The van der Waals surface area contributed by atoms with Crippen molar-refractivity contribution < 1.29 is 9.32 Å². The zero-order valence-corrected chi connectivity index (χ0v) is 12.4. The van der Waals surface area contributed by atoms with Gasteiger partial charge in [-0.2, -0.15) is 4.98 Å². The molecule has 0 aliphatic rings. The molecule has 0 spiro atoms. The first kappa shape index (κ1) is 14.7. The van der Waals surface area contributed by atoms with Crippen LogP contribution in [0.5, 0.6) is 0 Å². The molecule has 2 aromatic rings. The fourth-order valence-corrected chi connectivity index (χ4v) is 2.34. The van der Waals surface area contributed by atoms with E-state index in [9.17, 15) is 4.79 Å². The Balaban J connectivity index is 1.65. The van der Waals surface area contributed by atoms with Crippen molar-refractivity contribution in [3.8, 4) is 0 Å². The van der Waals surface area contributed by atoms with Gasteiger partial charge in [-0.25, -0.2) is 0 Å². The summed E-state index contributed by atoms with van der Waals surface area (Å²) in [6.45, 7) is 3.59. The first-order valence-electron chi connectivity index (χ1n) is 6.40. The summed E-state index contributed by atoms with van der Waals surface area (Å²) in [5.41, 5.74) is 0. The third-order valence-electron chi connectivity index (χ3n) is 2.74. The van der Waals surface area contributed by atoms with Gasteiger partial charge in [0.25, 0.3) is 0 Å². The molecule has 0 aromatic carbocycles. The van der Waals surface area contributed by atoms with Crippen molar-refractivity contribution in [2.75, 3.05) is 13.6 Å². The lowest BCUT2D eigenvalue weighted by atomic mass is 10.3. The summed E-state index contributed by atoms with van der Waals surface area (Å²) in [6.07, 6.45) is 0.453. The van der Waals surface area contributed by atoms with E-state index in [1.807, 2.05) is 29.5 Å². The second-order valence-electron chi connectivity index (χ2n) is 4.58. The van der Waals surface area contributed by atoms with Crippen molar-refractivity contribution >= 4 is 17.2 Å². The van der Waals surface area contributed by atoms with E-state index in [-0.39, 0.29) is 5.91 Å². The van der Waals surface area contributed by atoms with Gasteiger partial charge < -0.3 is 9.84 Å². The smallest absolute Gasteiger partial charge is 0.240 e. The fraction of sp³-hybridized carbons (Fsp3) is 0.462. The number of aryl methyl sites for hydroxylation is 1. The van der Waals surface area contributed by atoms with Crippen molar-refractivity contribution in [2.24, 2.45) is 0 Å². The highest BCUT2D eigenvalue weighted by Crippen LogP contribution is 2.07. The minimum atomic E-state index is 0.0481. The van der Waals surface area contributed by atoms with Crippen molar-refractivity contribution in [3.05, 3.63) is 34.1 Å². The standard InChI is InChI=1S/C13H18N4O2S/c1-10-15-13(19-16-10)9-17(2)6-5-12(18)14-8-11-4-3-7-20-11/h3-4,7H,5-6,8-9H2,1-2H3,(H,14,18). The van der Waals surface area contributed by atoms with E-state index in [0.717, 1.165) is 4.88 Å². The third-order valence-corrected chi connectivity index (χ3v) is 3.61. The van der Waals surface area contributed by atoms with Gasteiger partial charge in [0.2, 0.25) is 11.8 Å². The predicted molar refractivity (Wildman–Crippen MR) is 76.2 cm³/mol. The normalized spacial score (nSPS) is 10.9. The molecule has 2 rings (SSSR count). The Hall–Kier alpha value is -1.73. The van der Waals surface area contributed by atoms with Gasteiger partial charge >= 0.3 is 0 Å². The minimum absolute atomic E-state index is 0.0481. The molecule has 7 heteroatoms. The van der Waals surface area contributed by atoms with Crippen molar-refractivity contribution in [3.63, 3.8) is 0 Å². The van der Waals surface area contributed by atoms with E-state index < -0.39 is 0 Å². The maximum atomic E-state index is 11.7. The van der Waals surface area contributed by atoms with E-state index in [1.54, 1.807) is 18.3 Å². The van der Waals surface area contributed by atoms with Crippen LogP contribution >= 0.6 is 11.3 Å². The minimum Gasteiger partial charge on any atom is -0.351 e. The monoisotopic (exact) mass is 294 g/mol. The molecule has 0 aliphatic heterocycles. The molecule has 0 fully saturated rings. The van der Waals surface area contributed by atoms with Gasteiger partial charge in [0.05, 0.1) is 13.1 Å². The summed E-state index contributed by atoms with van der Waals surface area (Å²) in [6, 6.07) is 3.99. The van der Waals surface area contributed by atoms with Gasteiger partial charge in [0.1, 0.15) is 0 Å². The summed E-state index contributed by atoms with van der Waals surface area (Å²) in [5.74, 6) is 1.25. The molecule has 108 valence electrons. The Morgan fingerprint density at radius 1 is 1.55 bits per heavy atom. The van der Waals surface area contributed by atoms with E-state index in [2.05, 4.69) is 15.5 Å². The Bertz CT molecular complexity index is 538. The van der Waals surface area contributed by atoms with Crippen LogP contribution in [-0.2, 0) is 17.9 Å². The molecule has 0 aliphatic carbocycles. The molecule has 0 saturated heterocycles. The van der Waals surface area contributed by atoms with Gasteiger partial charge in [0.15, 0.2) is 5.82 Å². The number of carbonyl (C=O) groups excluding carboxylic acids is 1. The largest absolute Gasteiger partial charge is 0.351 e. The maximum absolute atomic E-state index is 11.7. The molecule has 0 saturated carbocycles. The first-order valence-corrected chi connectivity index (χ1v) is 7.28. The van der Waals surface area contributed by atoms with E-state index in [0.29, 0.717) is 37.8 Å². The highest BCUT2D eigenvalue weighted by Gasteiger charge is 2.09. The van der Waals surface area contributed by atoms with Crippen molar-refractivity contribution in [2.45, 2.75) is 26.4 Å². The van der Waals surface area contributed by atoms with E-state index >= 15 is 0 Å². The molecule has 0 unspecified atom stereocenters. The number of rotatable bonds is 7. The van der Waals surface area contributed by atoms with Crippen LogP contribution in [-0.4, -0.2) is 34.5 Å². The summed E-state index contributed by atoms with van der Waals surface area (Å²) >= 11 is 1.64. The summed E-state index contributed by atoms with van der Waals surface area (Å²) in [7, 11) is 1.92. The van der Waals surface area contributed by atoms with Crippen LogP contribution in [0.2, 0.25) is 0 Å². The Morgan fingerprint density at radius 3 is 3.05 bits per heavy atom. The molecule has 2 aromatic heterocycles. The first-order chi connectivity index (χ1) is 9.63. The molecule has 1 N–H and O–H groups in total. The second kappa shape index (κ2) is 7.16. The molecule has 0 atom stereocenters. The number of nitrogens with zero attached hydrogens (tertiary/aromatic N) is 3. The Morgan fingerprint density at radius 2 is 2.40 bits per heavy atom. The van der Waals surface area contributed by atoms with Crippen LogP contribution in [0.4, 0.5) is 0 Å². The van der Waals surface area contributed by atoms with Crippen LogP contribution < -0.4 is 5.32 Å². The fourth-order valence-electron chi connectivity index (χ4n) is 1.69. The SMILES string of the molecule is Cc1noc(CN(C)CCC(=O)NCc2cccs2)n1. The molecule has 0 radical (unpaired) electrons. The van der Waals surface area contributed by atoms with Crippen LogP contribution in [0, 0.1) is 6.92 Å². The van der Waals surface area contributed by atoms with E-state index in [4.69, 9.17) is 4.52 Å². The average Bonchev–Trinajstić information content (AvgIpc) is 3.06. The molecular formula is C13H18N4O2S. The van der Waals surface area contributed by atoms with Gasteiger partial charge in [-0.05, 0) is 25.4 Å². The molecule has 6 nitrogen and oxygen atoms in total. The Kier molecular flexibility index (Phi) is 5.25. The van der Waals surface area contributed by atoms with Crippen LogP contribution in [0.15, 0.2) is 22.0 Å². The highest BCUT2D eigenvalue weighted by atomic mass is 32.1. The average molecular weight is 294 g/mol. The number of nitrogens with one attached hydrogen (secondary N) is 1. The summed E-state index contributed by atoms with van der Waals surface area (Å²) < 4.78 is 5.04. The summed E-state index contributed by atoms with van der Waals surface area (Å²) in [5, 5.41) is 8.64. The quantitative estimate of drug-likeness (QED) is 0.839. The number of carbonyl (C=O) groups is 1. The number of hydrogen-bond acceptors (Lipinski definition) is 6. The number of amides is 1. The van der Waals surface area contributed by atoms with Gasteiger partial charge in [-0.15, -0.1) is 11.3 Å². The van der Waals surface area contributed by atoms with Gasteiger partial charge in [0, 0.05) is 17.8 Å². The van der Waals surface area contributed by atoms with Crippen molar-refractivity contribution in [1.29, 1.82) is 0 Å². The lowest BCUT2D eigenvalue weighted by Gasteiger charge is -2.13. The van der Waals surface area contributed by atoms with E-state index in [1.165, 1.54) is 0 Å². The third kappa shape index (κ3) is 4.75. The van der Waals surface area contributed by atoms with Crippen molar-refractivity contribution in [1.82, 2.24) is 20.4 Å². The number of hydrogen-bond donors (Lipinski definition) is 1. The molecular weight excluding hydrogens is 276 g/mol. The molecule has 1 amide bonds. The lowest BCUT2D eigenvalue weighted by Crippen LogP contribution is -2.28. The van der Waals surface area contributed by atoms with Crippen LogP contribution in [0.1, 0.15) is 23.0 Å². The van der Waals surface area contributed by atoms with Crippen LogP contribution in [0.3, 0.4) is 0 Å². The second-order valence-corrected chi connectivity index (χ2v) is 5.61.